The molecule has 0 spiro atoms. The molecule has 4 rings (SSSR count). The molecule has 1 N–H and O–H groups in total. The van der Waals surface area contributed by atoms with Crippen LogP contribution in [-0.2, 0) is 0 Å². The van der Waals surface area contributed by atoms with Crippen LogP contribution in [0.4, 0.5) is 5.13 Å². The van der Waals surface area contributed by atoms with Crippen LogP contribution in [0.3, 0.4) is 0 Å². The van der Waals surface area contributed by atoms with Crippen LogP contribution in [-0.4, -0.2) is 16.0 Å². The maximum absolute atomic E-state index is 12.4. The van der Waals surface area contributed by atoms with E-state index in [-0.39, 0.29) is 5.91 Å². The normalized spacial score (nSPS) is 11.2. The van der Waals surface area contributed by atoms with Crippen LogP contribution in [0.2, 0.25) is 0 Å². The fourth-order valence-corrected chi connectivity index (χ4v) is 3.56. The third kappa shape index (κ3) is 2.27. The third-order valence-corrected chi connectivity index (χ3v) is 4.70. The van der Waals surface area contributed by atoms with Crippen LogP contribution >= 0.6 is 11.3 Å². The second kappa shape index (κ2) is 5.17. The van der Waals surface area contributed by atoms with Crippen LogP contribution in [0.1, 0.15) is 21.8 Å². The van der Waals surface area contributed by atoms with Crippen LogP contribution in [0.15, 0.2) is 40.9 Å². The van der Waals surface area contributed by atoms with E-state index in [1.54, 1.807) is 13.8 Å². The van der Waals surface area contributed by atoms with E-state index in [0.717, 1.165) is 21.0 Å². The zero-order valence-corrected chi connectivity index (χ0v) is 13.4. The summed E-state index contributed by atoms with van der Waals surface area (Å²) in [6, 6.07) is 12.2. The summed E-state index contributed by atoms with van der Waals surface area (Å²) < 4.78 is 6.08. The Morgan fingerprint density at radius 1 is 1.17 bits per heavy atom. The van der Waals surface area contributed by atoms with Gasteiger partial charge < -0.3 is 4.52 Å². The van der Waals surface area contributed by atoms with Gasteiger partial charge in [0.05, 0.1) is 15.9 Å². The van der Waals surface area contributed by atoms with E-state index in [0.29, 0.717) is 22.1 Å². The number of hydrogen-bond acceptors (Lipinski definition) is 5. The number of nitrogens with one attached hydrogen (secondary N) is 1. The molecule has 114 valence electrons. The second-order valence-electron chi connectivity index (χ2n) is 5.31. The van der Waals surface area contributed by atoms with Gasteiger partial charge in [-0.3, -0.25) is 10.1 Å². The highest BCUT2D eigenvalue weighted by Crippen LogP contribution is 2.32. The summed E-state index contributed by atoms with van der Waals surface area (Å²) in [4.78, 5) is 17.0. The molecular weight excluding hydrogens is 310 g/mol. The summed E-state index contributed by atoms with van der Waals surface area (Å²) in [5.41, 5.74) is 1.95. The largest absolute Gasteiger partial charge is 0.361 e. The first-order valence-electron chi connectivity index (χ1n) is 7.16. The Balaban J connectivity index is 1.75. The summed E-state index contributed by atoms with van der Waals surface area (Å²) in [5.74, 6) is 0.260. The molecule has 0 saturated carbocycles. The molecule has 1 amide bonds. The fourth-order valence-electron chi connectivity index (χ4n) is 2.68. The summed E-state index contributed by atoms with van der Waals surface area (Å²) in [5, 5.41) is 9.44. The molecule has 4 aromatic rings. The van der Waals surface area contributed by atoms with Gasteiger partial charge in [0.15, 0.2) is 5.13 Å². The number of hydrogen-bond donors (Lipinski definition) is 1. The van der Waals surface area contributed by atoms with Gasteiger partial charge in [-0.15, -0.1) is 0 Å². The van der Waals surface area contributed by atoms with Crippen LogP contribution in [0.5, 0.6) is 0 Å². The van der Waals surface area contributed by atoms with Crippen molar-refractivity contribution in [2.45, 2.75) is 13.8 Å². The van der Waals surface area contributed by atoms with Crippen molar-refractivity contribution in [3.63, 3.8) is 0 Å². The first-order valence-corrected chi connectivity index (χ1v) is 7.97. The number of nitrogens with zero attached hydrogens (tertiary/aromatic N) is 2. The van der Waals surface area contributed by atoms with Crippen molar-refractivity contribution in [1.29, 1.82) is 0 Å². The zero-order chi connectivity index (χ0) is 16.0. The molecule has 0 radical (unpaired) electrons. The van der Waals surface area contributed by atoms with E-state index in [4.69, 9.17) is 4.52 Å². The molecule has 5 nitrogen and oxygen atoms in total. The first kappa shape index (κ1) is 13.9. The number of carbonyl (C=O) groups excluding carboxylic acids is 1. The van der Waals surface area contributed by atoms with E-state index in [1.807, 2.05) is 24.3 Å². The topological polar surface area (TPSA) is 68.0 Å². The first-order chi connectivity index (χ1) is 11.1. The number of carbonyl (C=O) groups is 1. The van der Waals surface area contributed by atoms with Crippen molar-refractivity contribution in [3.8, 4) is 0 Å². The number of fused-ring (bicyclic) bond motifs is 3. The average molecular weight is 323 g/mol. The summed E-state index contributed by atoms with van der Waals surface area (Å²) >= 11 is 1.46. The molecule has 2 heterocycles. The third-order valence-electron chi connectivity index (χ3n) is 3.76. The van der Waals surface area contributed by atoms with Crippen molar-refractivity contribution in [3.05, 3.63) is 53.4 Å². The summed E-state index contributed by atoms with van der Waals surface area (Å²) in [6.45, 7) is 3.47. The Hall–Kier alpha value is -2.73. The monoisotopic (exact) mass is 323 g/mol. The van der Waals surface area contributed by atoms with E-state index in [2.05, 4.69) is 27.6 Å². The number of aromatic nitrogens is 2. The second-order valence-corrected chi connectivity index (χ2v) is 6.34. The summed E-state index contributed by atoms with van der Waals surface area (Å²) in [7, 11) is 0. The molecule has 0 saturated heterocycles. The molecule has 0 atom stereocenters. The number of aryl methyl sites for hydroxylation is 2. The van der Waals surface area contributed by atoms with Crippen molar-refractivity contribution in [2.75, 3.05) is 5.32 Å². The number of rotatable bonds is 2. The number of benzene rings is 2. The highest BCUT2D eigenvalue weighted by Gasteiger charge is 2.19. The minimum Gasteiger partial charge on any atom is -0.361 e. The van der Waals surface area contributed by atoms with Gasteiger partial charge in [0.25, 0.3) is 5.91 Å². The quantitative estimate of drug-likeness (QED) is 0.597. The molecule has 0 bridgehead atoms. The van der Waals surface area contributed by atoms with Crippen LogP contribution in [0, 0.1) is 13.8 Å². The van der Waals surface area contributed by atoms with Gasteiger partial charge in [0.2, 0.25) is 0 Å². The molecule has 0 fully saturated rings. The van der Waals surface area contributed by atoms with Gasteiger partial charge in [0, 0.05) is 5.39 Å². The Bertz CT molecular complexity index is 1030. The minimum absolute atomic E-state index is 0.246. The molecule has 2 aromatic carbocycles. The molecule has 0 aliphatic rings. The Kier molecular flexibility index (Phi) is 3.12. The van der Waals surface area contributed by atoms with Gasteiger partial charge in [-0.1, -0.05) is 46.8 Å². The molecule has 23 heavy (non-hydrogen) atoms. The van der Waals surface area contributed by atoms with Gasteiger partial charge in [-0.05, 0) is 25.3 Å². The van der Waals surface area contributed by atoms with Crippen LogP contribution in [0.25, 0.3) is 21.0 Å². The molecular formula is C17H13N3O2S. The standard InChI is InChI=1S/C17H13N3O2S/c1-9-14(10(2)22-20-9)16(21)19-17-18-15-12-6-4-3-5-11(12)7-8-13(15)23-17/h3-8H,1-2H3,(H,18,19,21). The van der Waals surface area contributed by atoms with E-state index >= 15 is 0 Å². The predicted molar refractivity (Wildman–Crippen MR) is 91.1 cm³/mol. The van der Waals surface area contributed by atoms with Crippen molar-refractivity contribution < 1.29 is 9.32 Å². The van der Waals surface area contributed by atoms with Crippen LogP contribution < -0.4 is 5.32 Å². The van der Waals surface area contributed by atoms with Gasteiger partial charge in [-0.25, -0.2) is 4.98 Å². The van der Waals surface area contributed by atoms with Gasteiger partial charge in [0.1, 0.15) is 11.3 Å². The fraction of sp³-hybridized carbons (Fsp3) is 0.118. The molecule has 0 aliphatic heterocycles. The lowest BCUT2D eigenvalue weighted by Crippen LogP contribution is -2.13. The highest BCUT2D eigenvalue weighted by molar-refractivity contribution is 7.22. The van der Waals surface area contributed by atoms with Crippen molar-refractivity contribution in [2.24, 2.45) is 0 Å². The minimum atomic E-state index is -0.246. The maximum atomic E-state index is 12.4. The zero-order valence-electron chi connectivity index (χ0n) is 12.6. The Morgan fingerprint density at radius 2 is 2.00 bits per heavy atom. The maximum Gasteiger partial charge on any atom is 0.262 e. The highest BCUT2D eigenvalue weighted by atomic mass is 32.1. The van der Waals surface area contributed by atoms with Gasteiger partial charge in [-0.2, -0.15) is 0 Å². The Labute approximate surface area is 135 Å². The molecule has 6 heteroatoms. The smallest absolute Gasteiger partial charge is 0.262 e. The molecule has 2 aromatic heterocycles. The molecule has 0 unspecified atom stereocenters. The van der Waals surface area contributed by atoms with Crippen molar-refractivity contribution >= 4 is 43.4 Å². The van der Waals surface area contributed by atoms with E-state index in [9.17, 15) is 4.79 Å². The average Bonchev–Trinajstić information content (AvgIpc) is 3.10. The van der Waals surface area contributed by atoms with Gasteiger partial charge >= 0.3 is 0 Å². The lowest BCUT2D eigenvalue weighted by Gasteiger charge is -1.99. The number of anilines is 1. The lowest BCUT2D eigenvalue weighted by molar-refractivity contribution is 0.102. The number of amides is 1. The Morgan fingerprint density at radius 3 is 2.78 bits per heavy atom. The summed E-state index contributed by atoms with van der Waals surface area (Å²) in [6.07, 6.45) is 0. The van der Waals surface area contributed by atoms with Crippen molar-refractivity contribution in [1.82, 2.24) is 10.1 Å². The number of thiazole rings is 1. The SMILES string of the molecule is Cc1noc(C)c1C(=O)Nc1nc2c(ccc3ccccc32)s1. The van der Waals surface area contributed by atoms with E-state index in [1.165, 1.54) is 11.3 Å². The van der Waals surface area contributed by atoms with E-state index < -0.39 is 0 Å². The predicted octanol–water partition coefficient (Wildman–Crippen LogP) is 4.31. The molecule has 0 aliphatic carbocycles. The lowest BCUT2D eigenvalue weighted by atomic mass is 10.1.